The van der Waals surface area contributed by atoms with Crippen molar-refractivity contribution >= 4 is 11.5 Å². The smallest absolute Gasteiger partial charge is 0.334 e. The van der Waals surface area contributed by atoms with Crippen LogP contribution in [0.15, 0.2) is 0 Å². The molecular formula is C12H18N4O2. The molecule has 0 radical (unpaired) electrons. The second-order valence-electron chi connectivity index (χ2n) is 4.05. The molecule has 18 heavy (non-hydrogen) atoms. The Labute approximate surface area is 107 Å². The molecule has 0 fully saturated rings. The second-order valence-corrected chi connectivity index (χ2v) is 4.05. The van der Waals surface area contributed by atoms with Crippen LogP contribution in [0, 0.1) is 22.5 Å². The maximum Gasteiger partial charge on any atom is 0.334 e. The van der Waals surface area contributed by atoms with Gasteiger partial charge in [0.2, 0.25) is 5.82 Å². The molecule has 1 heterocycles. The molecule has 0 saturated carbocycles. The van der Waals surface area contributed by atoms with E-state index in [0.29, 0.717) is 24.4 Å². The van der Waals surface area contributed by atoms with Gasteiger partial charge < -0.3 is 5.32 Å². The molecule has 98 valence electrons. The van der Waals surface area contributed by atoms with Gasteiger partial charge in [0.25, 0.3) is 0 Å². The predicted octanol–water partition coefficient (Wildman–Crippen LogP) is 2.10. The number of terminal acetylenes is 1. The number of hydrogen-bond acceptors (Lipinski definition) is 4. The summed E-state index contributed by atoms with van der Waals surface area (Å²) in [7, 11) is 1.68. The molecule has 1 aromatic heterocycles. The van der Waals surface area contributed by atoms with Gasteiger partial charge in [-0.25, -0.2) is 4.68 Å². The molecule has 1 rings (SSSR count). The zero-order chi connectivity index (χ0) is 13.7. The largest absolute Gasteiger partial charge is 0.351 e. The minimum absolute atomic E-state index is 0.0352. The van der Waals surface area contributed by atoms with Crippen molar-refractivity contribution in [1.82, 2.24) is 9.78 Å². The van der Waals surface area contributed by atoms with Crippen LogP contribution in [0.2, 0.25) is 0 Å². The SMILES string of the molecule is C#CC(CC)Nc1c([N+](=O)[O-])c(CCC)nn1C. The summed E-state index contributed by atoms with van der Waals surface area (Å²) >= 11 is 0. The second kappa shape index (κ2) is 6.05. The molecule has 0 aliphatic heterocycles. The summed E-state index contributed by atoms with van der Waals surface area (Å²) < 4.78 is 1.49. The van der Waals surface area contributed by atoms with Crippen LogP contribution in [0.3, 0.4) is 0 Å². The van der Waals surface area contributed by atoms with E-state index >= 15 is 0 Å². The first kappa shape index (κ1) is 14.0. The first-order valence-corrected chi connectivity index (χ1v) is 5.98. The van der Waals surface area contributed by atoms with Crippen molar-refractivity contribution in [1.29, 1.82) is 0 Å². The van der Waals surface area contributed by atoms with E-state index in [1.807, 2.05) is 13.8 Å². The highest BCUT2D eigenvalue weighted by Gasteiger charge is 2.26. The number of nitrogens with one attached hydrogen (secondary N) is 1. The Bertz CT molecular complexity index is 473. The van der Waals surface area contributed by atoms with Crippen molar-refractivity contribution in [3.63, 3.8) is 0 Å². The summed E-state index contributed by atoms with van der Waals surface area (Å²) in [5.41, 5.74) is 0.535. The van der Waals surface area contributed by atoms with Gasteiger partial charge in [0, 0.05) is 7.05 Å². The molecule has 1 unspecified atom stereocenters. The lowest BCUT2D eigenvalue weighted by atomic mass is 10.2. The molecule has 6 heteroatoms. The van der Waals surface area contributed by atoms with Crippen molar-refractivity contribution in [2.75, 3.05) is 5.32 Å². The quantitative estimate of drug-likeness (QED) is 0.476. The van der Waals surface area contributed by atoms with Gasteiger partial charge in [-0.1, -0.05) is 26.2 Å². The van der Waals surface area contributed by atoms with Crippen LogP contribution >= 0.6 is 0 Å². The topological polar surface area (TPSA) is 73.0 Å². The van der Waals surface area contributed by atoms with E-state index in [1.165, 1.54) is 4.68 Å². The highest BCUT2D eigenvalue weighted by molar-refractivity contribution is 5.61. The van der Waals surface area contributed by atoms with Gasteiger partial charge in [-0.3, -0.25) is 10.1 Å². The lowest BCUT2D eigenvalue weighted by Gasteiger charge is -2.11. The van der Waals surface area contributed by atoms with Crippen molar-refractivity contribution in [2.24, 2.45) is 7.05 Å². The highest BCUT2D eigenvalue weighted by atomic mass is 16.6. The number of nitro groups is 1. The fourth-order valence-corrected chi connectivity index (χ4v) is 1.75. The predicted molar refractivity (Wildman–Crippen MR) is 70.4 cm³/mol. The monoisotopic (exact) mass is 250 g/mol. The lowest BCUT2D eigenvalue weighted by Crippen LogP contribution is -2.18. The van der Waals surface area contributed by atoms with Gasteiger partial charge in [0.05, 0.1) is 11.0 Å². The number of nitrogens with zero attached hydrogens (tertiary/aromatic N) is 3. The third-order valence-corrected chi connectivity index (χ3v) is 2.68. The van der Waals surface area contributed by atoms with Crippen LogP contribution in [0.25, 0.3) is 0 Å². The minimum Gasteiger partial charge on any atom is -0.351 e. The molecule has 0 saturated heterocycles. The van der Waals surface area contributed by atoms with Gasteiger partial charge >= 0.3 is 5.69 Å². The molecule has 0 aromatic carbocycles. The van der Waals surface area contributed by atoms with Crippen molar-refractivity contribution in [2.45, 2.75) is 39.2 Å². The zero-order valence-corrected chi connectivity index (χ0v) is 10.9. The van der Waals surface area contributed by atoms with Gasteiger partial charge in [-0.05, 0) is 12.8 Å². The summed E-state index contributed by atoms with van der Waals surface area (Å²) in [6.45, 7) is 3.88. The van der Waals surface area contributed by atoms with E-state index in [4.69, 9.17) is 6.42 Å². The molecule has 1 atom stereocenters. The van der Waals surface area contributed by atoms with Gasteiger partial charge in [-0.15, -0.1) is 6.42 Å². The molecule has 1 aromatic rings. The Hall–Kier alpha value is -2.03. The van der Waals surface area contributed by atoms with Crippen LogP contribution in [-0.2, 0) is 13.5 Å². The third kappa shape index (κ3) is 2.80. The van der Waals surface area contributed by atoms with E-state index in [-0.39, 0.29) is 11.7 Å². The maximum absolute atomic E-state index is 11.1. The van der Waals surface area contributed by atoms with E-state index in [9.17, 15) is 10.1 Å². The summed E-state index contributed by atoms with van der Waals surface area (Å²) in [5, 5.41) is 18.3. The maximum atomic E-state index is 11.1. The van der Waals surface area contributed by atoms with E-state index < -0.39 is 4.92 Å². The fourth-order valence-electron chi connectivity index (χ4n) is 1.75. The van der Waals surface area contributed by atoms with Gasteiger partial charge in [0.15, 0.2) is 0 Å². The first-order chi connectivity index (χ1) is 8.54. The Morgan fingerprint density at radius 1 is 1.61 bits per heavy atom. The number of hydrogen-bond donors (Lipinski definition) is 1. The number of rotatable bonds is 6. The standard InChI is InChI=1S/C12H18N4O2/c1-5-8-10-11(16(17)18)12(15(4)14-10)13-9(6-2)7-3/h2,9,13H,5,7-8H2,1,3-4H3. The highest BCUT2D eigenvalue weighted by Crippen LogP contribution is 2.29. The average Bonchev–Trinajstić information content (AvgIpc) is 2.63. The van der Waals surface area contributed by atoms with Crippen molar-refractivity contribution in [3.05, 3.63) is 15.8 Å². The summed E-state index contributed by atoms with van der Waals surface area (Å²) in [6, 6.07) is -0.228. The first-order valence-electron chi connectivity index (χ1n) is 5.98. The van der Waals surface area contributed by atoms with E-state index in [0.717, 1.165) is 6.42 Å². The number of aryl methyl sites for hydroxylation is 2. The Morgan fingerprint density at radius 2 is 2.28 bits per heavy atom. The Kier molecular flexibility index (Phi) is 4.72. The van der Waals surface area contributed by atoms with E-state index in [1.54, 1.807) is 7.05 Å². The average molecular weight is 250 g/mol. The van der Waals surface area contributed by atoms with Crippen LogP contribution < -0.4 is 5.32 Å². The van der Waals surface area contributed by atoms with Crippen LogP contribution in [0.1, 0.15) is 32.4 Å². The third-order valence-electron chi connectivity index (χ3n) is 2.68. The van der Waals surface area contributed by atoms with Gasteiger partial charge in [0.1, 0.15) is 5.69 Å². The van der Waals surface area contributed by atoms with Crippen molar-refractivity contribution in [3.8, 4) is 12.3 Å². The van der Waals surface area contributed by atoms with Crippen LogP contribution in [-0.4, -0.2) is 20.7 Å². The molecule has 0 spiro atoms. The fraction of sp³-hybridized carbons (Fsp3) is 0.583. The van der Waals surface area contributed by atoms with Crippen molar-refractivity contribution < 1.29 is 4.92 Å². The number of anilines is 1. The van der Waals surface area contributed by atoms with Crippen LogP contribution in [0.5, 0.6) is 0 Å². The zero-order valence-electron chi connectivity index (χ0n) is 10.9. The number of aromatic nitrogens is 2. The minimum atomic E-state index is -0.399. The Morgan fingerprint density at radius 3 is 2.72 bits per heavy atom. The molecule has 6 nitrogen and oxygen atoms in total. The Balaban J connectivity index is 3.17. The van der Waals surface area contributed by atoms with Crippen LogP contribution in [0.4, 0.5) is 11.5 Å². The van der Waals surface area contributed by atoms with E-state index in [2.05, 4.69) is 16.3 Å². The summed E-state index contributed by atoms with van der Waals surface area (Å²) in [6.07, 6.45) is 7.45. The molecule has 0 aliphatic carbocycles. The molecule has 0 amide bonds. The lowest BCUT2D eigenvalue weighted by molar-refractivity contribution is -0.384. The summed E-state index contributed by atoms with van der Waals surface area (Å²) in [4.78, 5) is 10.8. The molecule has 0 bridgehead atoms. The molecular weight excluding hydrogens is 232 g/mol. The summed E-state index contributed by atoms with van der Waals surface area (Å²) in [5.74, 6) is 2.94. The normalized spacial score (nSPS) is 11.9. The molecule has 0 aliphatic rings. The van der Waals surface area contributed by atoms with Gasteiger partial charge in [-0.2, -0.15) is 5.10 Å². The molecule has 1 N–H and O–H groups in total.